The van der Waals surface area contributed by atoms with Crippen molar-refractivity contribution in [3.05, 3.63) is 83.2 Å². The van der Waals surface area contributed by atoms with E-state index in [1.807, 2.05) is 44.2 Å². The summed E-state index contributed by atoms with van der Waals surface area (Å²) in [6, 6.07) is 19.4. The Kier molecular flexibility index (Phi) is 8.43. The Morgan fingerprint density at radius 3 is 2.14 bits per heavy atom. The Bertz CT molecular complexity index is 1250. The maximum absolute atomic E-state index is 12.7. The smallest absolute Gasteiger partial charge is 0.323 e. The molecule has 1 unspecified atom stereocenters. The maximum Gasteiger partial charge on any atom is 0.323 e. The summed E-state index contributed by atoms with van der Waals surface area (Å²) >= 11 is 0. The number of amides is 3. The van der Waals surface area contributed by atoms with Crippen LogP contribution in [0.1, 0.15) is 29.9 Å². The number of nitrogens with zero attached hydrogens (tertiary/aromatic N) is 2. The number of ether oxygens (including phenoxy) is 1. The van der Waals surface area contributed by atoms with E-state index in [1.165, 1.54) is 0 Å². The highest BCUT2D eigenvalue weighted by Gasteiger charge is 2.16. The second-order valence-electron chi connectivity index (χ2n) is 8.15. The van der Waals surface area contributed by atoms with Crippen LogP contribution in [0, 0.1) is 25.2 Å². The summed E-state index contributed by atoms with van der Waals surface area (Å²) in [7, 11) is 1.66. The van der Waals surface area contributed by atoms with Gasteiger partial charge in [-0.05, 0) is 74.9 Å². The second kappa shape index (κ2) is 11.7. The first-order valence-electron chi connectivity index (χ1n) is 11.2. The van der Waals surface area contributed by atoms with Gasteiger partial charge in [0.05, 0.1) is 12.6 Å². The predicted octanol–water partition coefficient (Wildman–Crippen LogP) is 5.50. The summed E-state index contributed by atoms with van der Waals surface area (Å²) in [5.41, 5.74) is 4.52. The van der Waals surface area contributed by atoms with Gasteiger partial charge >= 0.3 is 6.03 Å². The highest BCUT2D eigenvalue weighted by Crippen LogP contribution is 2.23. The van der Waals surface area contributed by atoms with Gasteiger partial charge in [0, 0.05) is 35.6 Å². The van der Waals surface area contributed by atoms with Crippen molar-refractivity contribution >= 4 is 35.1 Å². The quantitative estimate of drug-likeness (QED) is 0.298. The minimum atomic E-state index is -0.509. The number of carbonyl (C=O) groups excluding carboxylic acids is 2. The van der Waals surface area contributed by atoms with Crippen molar-refractivity contribution in [3.63, 3.8) is 0 Å². The van der Waals surface area contributed by atoms with E-state index in [0.717, 1.165) is 17.0 Å². The van der Waals surface area contributed by atoms with Crippen LogP contribution in [0.3, 0.4) is 0 Å². The number of benzene rings is 2. The number of aryl methyl sites for hydroxylation is 1. The van der Waals surface area contributed by atoms with Crippen LogP contribution in [0.2, 0.25) is 0 Å². The summed E-state index contributed by atoms with van der Waals surface area (Å²) in [5, 5.41) is 17.8. The Morgan fingerprint density at radius 2 is 1.57 bits per heavy atom. The molecule has 3 N–H and O–H groups in total. The maximum atomic E-state index is 12.7. The van der Waals surface area contributed by atoms with Gasteiger partial charge in [-0.1, -0.05) is 18.2 Å². The zero-order valence-electron chi connectivity index (χ0n) is 20.3. The normalized spacial score (nSPS) is 11.9. The fourth-order valence-electron chi connectivity index (χ4n) is 3.90. The Labute approximate surface area is 205 Å². The van der Waals surface area contributed by atoms with Gasteiger partial charge < -0.3 is 25.3 Å². The van der Waals surface area contributed by atoms with Crippen molar-refractivity contribution in [1.29, 1.82) is 5.26 Å². The zero-order valence-corrected chi connectivity index (χ0v) is 20.3. The zero-order chi connectivity index (χ0) is 25.4. The minimum absolute atomic E-state index is 0.00548. The molecule has 0 saturated carbocycles. The van der Waals surface area contributed by atoms with E-state index in [9.17, 15) is 14.9 Å². The molecule has 3 amide bonds. The van der Waals surface area contributed by atoms with Crippen molar-refractivity contribution in [3.8, 4) is 6.07 Å². The lowest BCUT2D eigenvalue weighted by molar-refractivity contribution is -0.112. The topological polar surface area (TPSA) is 108 Å². The van der Waals surface area contributed by atoms with Crippen molar-refractivity contribution < 1.29 is 14.3 Å². The molecule has 0 spiro atoms. The number of nitrogens with one attached hydrogen (secondary N) is 3. The van der Waals surface area contributed by atoms with Crippen LogP contribution in [0.15, 0.2) is 66.2 Å². The van der Waals surface area contributed by atoms with Crippen molar-refractivity contribution in [1.82, 2.24) is 4.57 Å². The van der Waals surface area contributed by atoms with E-state index in [4.69, 9.17) is 4.74 Å². The average molecular weight is 472 g/mol. The van der Waals surface area contributed by atoms with E-state index in [2.05, 4.69) is 27.4 Å². The number of carbonyl (C=O) groups is 2. The fraction of sp³-hybridized carbons (Fsp3) is 0.222. The Hall–Kier alpha value is -4.35. The highest BCUT2D eigenvalue weighted by molar-refractivity contribution is 6.10. The van der Waals surface area contributed by atoms with Gasteiger partial charge in [-0.3, -0.25) is 4.79 Å². The molecule has 8 heteroatoms. The third-order valence-corrected chi connectivity index (χ3v) is 5.47. The van der Waals surface area contributed by atoms with Crippen LogP contribution in [-0.2, 0) is 9.53 Å². The third-order valence-electron chi connectivity index (χ3n) is 5.47. The standard InChI is InChI=1S/C27H29N5O3/c1-18-14-21(20(3)32(18)19(2)17-35-4)15-22(16-28)26(33)29-24-10-12-25(13-11-24)31-27(34)30-23-8-6-5-7-9-23/h5-15,19H,17H2,1-4H3,(H,29,33)(H2,30,31,34)/b22-15+. The molecule has 0 aliphatic carbocycles. The monoisotopic (exact) mass is 471 g/mol. The molecule has 3 rings (SSSR count). The number of nitriles is 1. The first kappa shape index (κ1) is 25.3. The summed E-state index contributed by atoms with van der Waals surface area (Å²) in [4.78, 5) is 24.9. The van der Waals surface area contributed by atoms with E-state index in [1.54, 1.807) is 49.6 Å². The number of urea groups is 1. The Balaban J connectivity index is 1.66. The van der Waals surface area contributed by atoms with E-state index >= 15 is 0 Å². The number of hydrogen-bond acceptors (Lipinski definition) is 4. The summed E-state index contributed by atoms with van der Waals surface area (Å²) in [5.74, 6) is -0.509. The molecule has 8 nitrogen and oxygen atoms in total. The molecule has 0 aliphatic rings. The molecular formula is C27H29N5O3. The molecule has 1 aromatic heterocycles. The molecule has 0 saturated heterocycles. The SMILES string of the molecule is COCC(C)n1c(C)cc(/C=C(\C#N)C(=O)Nc2ccc(NC(=O)Nc3ccccc3)cc2)c1C. The van der Waals surface area contributed by atoms with Crippen LogP contribution in [0.5, 0.6) is 0 Å². The van der Waals surface area contributed by atoms with Gasteiger partial charge in [0.25, 0.3) is 5.91 Å². The van der Waals surface area contributed by atoms with Gasteiger partial charge in [-0.25, -0.2) is 4.79 Å². The summed E-state index contributed by atoms with van der Waals surface area (Å²) in [6.45, 7) is 6.55. The van der Waals surface area contributed by atoms with Crippen LogP contribution < -0.4 is 16.0 Å². The molecule has 3 aromatic rings. The first-order valence-corrected chi connectivity index (χ1v) is 11.2. The second-order valence-corrected chi connectivity index (χ2v) is 8.15. The van der Waals surface area contributed by atoms with Crippen molar-refractivity contribution in [2.75, 3.05) is 29.7 Å². The molecule has 1 heterocycles. The number of para-hydroxylation sites is 1. The van der Waals surface area contributed by atoms with Gasteiger partial charge in [0.15, 0.2) is 0 Å². The summed E-state index contributed by atoms with van der Waals surface area (Å²) in [6.07, 6.45) is 1.59. The number of methoxy groups -OCH3 is 1. The molecule has 0 radical (unpaired) electrons. The van der Waals surface area contributed by atoms with E-state index in [0.29, 0.717) is 23.7 Å². The molecule has 1 atom stereocenters. The predicted molar refractivity (Wildman–Crippen MR) is 138 cm³/mol. The molecular weight excluding hydrogens is 442 g/mol. The number of hydrogen-bond donors (Lipinski definition) is 3. The third kappa shape index (κ3) is 6.59. The van der Waals surface area contributed by atoms with Crippen LogP contribution in [0.25, 0.3) is 6.08 Å². The van der Waals surface area contributed by atoms with E-state index < -0.39 is 5.91 Å². The molecule has 0 aliphatic heterocycles. The van der Waals surface area contributed by atoms with Gasteiger partial charge in [0.2, 0.25) is 0 Å². The van der Waals surface area contributed by atoms with Gasteiger partial charge in [0.1, 0.15) is 11.6 Å². The van der Waals surface area contributed by atoms with Crippen LogP contribution >= 0.6 is 0 Å². The largest absolute Gasteiger partial charge is 0.383 e. The van der Waals surface area contributed by atoms with E-state index in [-0.39, 0.29) is 17.6 Å². The highest BCUT2D eigenvalue weighted by atomic mass is 16.5. The molecule has 0 bridgehead atoms. The summed E-state index contributed by atoms with van der Waals surface area (Å²) < 4.78 is 7.39. The molecule has 35 heavy (non-hydrogen) atoms. The fourth-order valence-corrected chi connectivity index (χ4v) is 3.90. The van der Waals surface area contributed by atoms with Crippen LogP contribution in [0.4, 0.5) is 21.9 Å². The van der Waals surface area contributed by atoms with Gasteiger partial charge in [-0.15, -0.1) is 0 Å². The average Bonchev–Trinajstić information content (AvgIpc) is 3.12. The lowest BCUT2D eigenvalue weighted by Crippen LogP contribution is -2.19. The lowest BCUT2D eigenvalue weighted by Gasteiger charge is -2.17. The minimum Gasteiger partial charge on any atom is -0.383 e. The van der Waals surface area contributed by atoms with Crippen molar-refractivity contribution in [2.24, 2.45) is 0 Å². The lowest BCUT2D eigenvalue weighted by atomic mass is 10.1. The molecule has 2 aromatic carbocycles. The molecule has 0 fully saturated rings. The van der Waals surface area contributed by atoms with Gasteiger partial charge in [-0.2, -0.15) is 5.26 Å². The number of aromatic nitrogens is 1. The number of anilines is 3. The number of rotatable bonds is 8. The van der Waals surface area contributed by atoms with Crippen molar-refractivity contribution in [2.45, 2.75) is 26.8 Å². The Morgan fingerprint density at radius 1 is 1.00 bits per heavy atom. The molecule has 180 valence electrons. The van der Waals surface area contributed by atoms with Crippen LogP contribution in [-0.4, -0.2) is 30.2 Å². The first-order chi connectivity index (χ1) is 16.8.